The number of benzene rings is 2. The minimum Gasteiger partial charge on any atom is -0.481 e. The number of aliphatic carboxylic acids is 1. The van der Waals surface area contributed by atoms with Crippen LogP contribution in [0.2, 0.25) is 0 Å². The molecule has 0 aliphatic heterocycles. The molecule has 0 saturated carbocycles. The Morgan fingerprint density at radius 2 is 2.00 bits per heavy atom. The maximum atomic E-state index is 12.9. The van der Waals surface area contributed by atoms with Crippen molar-refractivity contribution in [1.82, 2.24) is 14.8 Å². The molecule has 2 heterocycles. The lowest BCUT2D eigenvalue weighted by molar-refractivity contribution is -0.384. The van der Waals surface area contributed by atoms with Crippen molar-refractivity contribution in [1.29, 1.82) is 0 Å². The maximum Gasteiger partial charge on any atom is 0.309 e. The van der Waals surface area contributed by atoms with Crippen LogP contribution in [-0.4, -0.2) is 30.8 Å². The number of nitro groups is 1. The molecule has 2 aromatic heterocycles. The van der Waals surface area contributed by atoms with Crippen LogP contribution in [0, 0.1) is 10.1 Å². The Morgan fingerprint density at radius 1 is 1.22 bits per heavy atom. The molecule has 134 valence electrons. The van der Waals surface area contributed by atoms with Gasteiger partial charge in [-0.15, -0.1) is 0 Å². The maximum absolute atomic E-state index is 12.9. The average molecular weight is 382 g/mol. The van der Waals surface area contributed by atoms with E-state index in [9.17, 15) is 24.8 Å². The topological polar surface area (TPSA) is 128 Å². The van der Waals surface area contributed by atoms with Crippen LogP contribution in [-0.2, 0) is 11.2 Å². The third kappa shape index (κ3) is 2.91. The molecule has 4 aromatic rings. The molecular formula is C17H10N4O5S. The first-order chi connectivity index (χ1) is 12.9. The summed E-state index contributed by atoms with van der Waals surface area (Å²) in [6.45, 7) is 0. The third-order valence-corrected chi connectivity index (χ3v) is 4.96. The van der Waals surface area contributed by atoms with Crippen molar-refractivity contribution in [2.45, 2.75) is 6.42 Å². The van der Waals surface area contributed by atoms with Gasteiger partial charge in [-0.1, -0.05) is 23.5 Å². The van der Waals surface area contributed by atoms with Gasteiger partial charge in [-0.2, -0.15) is 9.78 Å². The zero-order valence-electron chi connectivity index (χ0n) is 13.5. The zero-order chi connectivity index (χ0) is 19.1. The molecule has 0 saturated heterocycles. The average Bonchev–Trinajstić information content (AvgIpc) is 3.07. The van der Waals surface area contributed by atoms with Crippen LogP contribution in [0.15, 0.2) is 47.3 Å². The summed E-state index contributed by atoms with van der Waals surface area (Å²) in [5.41, 5.74) is -0.0176. The van der Waals surface area contributed by atoms with E-state index in [-0.39, 0.29) is 22.2 Å². The van der Waals surface area contributed by atoms with E-state index >= 15 is 0 Å². The number of nitrogens with zero attached hydrogens (tertiary/aromatic N) is 4. The molecule has 0 radical (unpaired) electrons. The number of carboxylic acid groups (broad SMARTS) is 1. The number of hydrogen-bond donors (Lipinski definition) is 1. The van der Waals surface area contributed by atoms with Gasteiger partial charge in [-0.05, 0) is 18.2 Å². The van der Waals surface area contributed by atoms with Crippen LogP contribution in [0.5, 0.6) is 0 Å². The Balaban J connectivity index is 2.02. The second kappa shape index (κ2) is 6.25. The predicted molar refractivity (Wildman–Crippen MR) is 98.5 cm³/mol. The van der Waals surface area contributed by atoms with E-state index in [1.165, 1.54) is 29.5 Å². The van der Waals surface area contributed by atoms with E-state index in [1.807, 2.05) is 18.2 Å². The van der Waals surface area contributed by atoms with E-state index in [0.717, 1.165) is 9.38 Å². The summed E-state index contributed by atoms with van der Waals surface area (Å²) in [6, 6.07) is 11.0. The van der Waals surface area contributed by atoms with E-state index in [4.69, 9.17) is 0 Å². The van der Waals surface area contributed by atoms with Gasteiger partial charge < -0.3 is 5.11 Å². The highest BCUT2D eigenvalue weighted by molar-refractivity contribution is 7.20. The van der Waals surface area contributed by atoms with Crippen molar-refractivity contribution in [3.8, 4) is 5.13 Å². The van der Waals surface area contributed by atoms with Crippen LogP contribution in [0.4, 0.5) is 5.69 Å². The Labute approximate surface area is 154 Å². The second-order valence-electron chi connectivity index (χ2n) is 5.69. The standard InChI is InChI=1S/C17H10N4O5S/c22-15(23)8-13-11-7-9(21(25)26)5-6-10(11)16(24)20(19-13)17-18-12-3-1-2-4-14(12)27-17/h1-7H,8H2,(H,22,23). The van der Waals surface area contributed by atoms with Gasteiger partial charge in [0.15, 0.2) is 0 Å². The summed E-state index contributed by atoms with van der Waals surface area (Å²) in [4.78, 5) is 38.9. The van der Waals surface area contributed by atoms with Gasteiger partial charge in [0.25, 0.3) is 11.2 Å². The van der Waals surface area contributed by atoms with Crippen LogP contribution < -0.4 is 5.56 Å². The van der Waals surface area contributed by atoms with Crippen molar-refractivity contribution < 1.29 is 14.8 Å². The van der Waals surface area contributed by atoms with Gasteiger partial charge in [0.1, 0.15) is 0 Å². The molecule has 27 heavy (non-hydrogen) atoms. The highest BCUT2D eigenvalue weighted by Crippen LogP contribution is 2.25. The summed E-state index contributed by atoms with van der Waals surface area (Å²) >= 11 is 1.24. The molecule has 0 spiro atoms. The van der Waals surface area contributed by atoms with Gasteiger partial charge in [0.2, 0.25) is 5.13 Å². The number of fused-ring (bicyclic) bond motifs is 2. The number of carboxylic acids is 1. The largest absolute Gasteiger partial charge is 0.481 e. The molecule has 4 rings (SSSR count). The van der Waals surface area contributed by atoms with Crippen molar-refractivity contribution in [3.05, 3.63) is 68.6 Å². The van der Waals surface area contributed by atoms with Crippen LogP contribution >= 0.6 is 11.3 Å². The summed E-state index contributed by atoms with van der Waals surface area (Å²) < 4.78 is 1.90. The Bertz CT molecular complexity index is 1260. The minimum atomic E-state index is -1.16. The number of carbonyl (C=O) groups is 1. The van der Waals surface area contributed by atoms with Gasteiger partial charge in [-0.25, -0.2) is 4.98 Å². The van der Waals surface area contributed by atoms with Crippen molar-refractivity contribution in [2.75, 3.05) is 0 Å². The Hall–Kier alpha value is -3.66. The lowest BCUT2D eigenvalue weighted by Gasteiger charge is -2.07. The highest BCUT2D eigenvalue weighted by Gasteiger charge is 2.19. The molecule has 0 atom stereocenters. The second-order valence-corrected chi connectivity index (χ2v) is 6.69. The van der Waals surface area contributed by atoms with Crippen molar-refractivity contribution >= 4 is 44.0 Å². The highest BCUT2D eigenvalue weighted by atomic mass is 32.1. The lowest BCUT2D eigenvalue weighted by atomic mass is 10.1. The van der Waals surface area contributed by atoms with Crippen LogP contribution in [0.3, 0.4) is 0 Å². The molecular weight excluding hydrogens is 372 g/mol. The van der Waals surface area contributed by atoms with Gasteiger partial charge in [0, 0.05) is 17.5 Å². The summed E-state index contributed by atoms with van der Waals surface area (Å²) in [7, 11) is 0. The molecule has 0 fully saturated rings. The van der Waals surface area contributed by atoms with Gasteiger partial charge >= 0.3 is 5.97 Å². The molecule has 0 amide bonds. The van der Waals surface area contributed by atoms with Crippen molar-refractivity contribution in [3.63, 3.8) is 0 Å². The number of aromatic nitrogens is 3. The molecule has 0 unspecified atom stereocenters. The normalized spacial score (nSPS) is 11.1. The van der Waals surface area contributed by atoms with Gasteiger partial charge in [-0.3, -0.25) is 19.7 Å². The first-order valence-electron chi connectivity index (χ1n) is 7.72. The van der Waals surface area contributed by atoms with Crippen LogP contribution in [0.1, 0.15) is 5.69 Å². The molecule has 0 aliphatic carbocycles. The smallest absolute Gasteiger partial charge is 0.309 e. The first-order valence-corrected chi connectivity index (χ1v) is 8.54. The molecule has 2 aromatic carbocycles. The fourth-order valence-corrected chi connectivity index (χ4v) is 3.67. The van der Waals surface area contributed by atoms with E-state index in [2.05, 4.69) is 10.1 Å². The summed E-state index contributed by atoms with van der Waals surface area (Å²) in [5.74, 6) is -1.16. The number of thiazole rings is 1. The lowest BCUT2D eigenvalue weighted by Crippen LogP contribution is -2.24. The van der Waals surface area contributed by atoms with E-state index in [1.54, 1.807) is 6.07 Å². The first kappa shape index (κ1) is 16.8. The van der Waals surface area contributed by atoms with Crippen molar-refractivity contribution in [2.24, 2.45) is 0 Å². The number of non-ortho nitro benzene ring substituents is 1. The molecule has 0 aliphatic rings. The Kier molecular flexibility index (Phi) is 3.89. The van der Waals surface area contributed by atoms with E-state index < -0.39 is 22.9 Å². The number of nitro benzene ring substituents is 1. The molecule has 10 heteroatoms. The fourth-order valence-electron chi connectivity index (χ4n) is 2.76. The molecule has 0 bridgehead atoms. The number of hydrogen-bond acceptors (Lipinski definition) is 7. The zero-order valence-corrected chi connectivity index (χ0v) is 14.3. The van der Waals surface area contributed by atoms with Crippen LogP contribution in [0.25, 0.3) is 26.1 Å². The Morgan fingerprint density at radius 3 is 2.70 bits per heavy atom. The minimum absolute atomic E-state index is 0.0556. The van der Waals surface area contributed by atoms with Gasteiger partial charge in [0.05, 0.1) is 32.6 Å². The quantitative estimate of drug-likeness (QED) is 0.424. The third-order valence-electron chi connectivity index (χ3n) is 3.95. The SMILES string of the molecule is O=C(O)Cc1nn(-c2nc3ccccc3s2)c(=O)c2ccc([N+](=O)[O-])cc12. The fraction of sp³-hybridized carbons (Fsp3) is 0.0588. The molecule has 1 N–H and O–H groups in total. The number of para-hydroxylation sites is 1. The van der Waals surface area contributed by atoms with E-state index in [0.29, 0.717) is 10.6 Å². The predicted octanol–water partition coefficient (Wildman–Crippen LogP) is 2.53. The molecule has 9 nitrogen and oxygen atoms in total. The summed E-state index contributed by atoms with van der Waals surface area (Å²) in [6.07, 6.45) is -0.483. The number of rotatable bonds is 4. The summed E-state index contributed by atoms with van der Waals surface area (Å²) in [5, 5.41) is 24.9. The monoisotopic (exact) mass is 382 g/mol.